The van der Waals surface area contributed by atoms with Gasteiger partial charge in [-0.3, -0.25) is 9.89 Å². The molecule has 1 aromatic heterocycles. The molecule has 5 nitrogen and oxygen atoms in total. The normalized spacial score (nSPS) is 12.0. The zero-order valence-electron chi connectivity index (χ0n) is 15.1. The largest absolute Gasteiger partial charge is 0.349 e. The van der Waals surface area contributed by atoms with E-state index in [9.17, 15) is 4.79 Å². The highest BCUT2D eigenvalue weighted by Crippen LogP contribution is 2.20. The average Bonchev–Trinajstić information content (AvgIpc) is 3.12. The quantitative estimate of drug-likeness (QED) is 0.646. The van der Waals surface area contributed by atoms with Crippen molar-refractivity contribution in [3.05, 3.63) is 65.2 Å². The molecule has 26 heavy (non-hydrogen) atoms. The summed E-state index contributed by atoms with van der Waals surface area (Å²) in [4.78, 5) is 16.7. The molecule has 0 fully saturated rings. The Kier molecular flexibility index (Phi) is 5.73. The van der Waals surface area contributed by atoms with Gasteiger partial charge in [-0.05, 0) is 37.5 Å². The van der Waals surface area contributed by atoms with E-state index in [1.807, 2.05) is 37.3 Å². The third-order valence-electron chi connectivity index (χ3n) is 4.25. The molecule has 6 heteroatoms. The van der Waals surface area contributed by atoms with Crippen LogP contribution in [0.25, 0.3) is 11.4 Å². The van der Waals surface area contributed by atoms with Crippen molar-refractivity contribution in [2.24, 2.45) is 0 Å². The molecule has 134 valence electrons. The van der Waals surface area contributed by atoms with Crippen molar-refractivity contribution in [1.82, 2.24) is 20.5 Å². The van der Waals surface area contributed by atoms with Gasteiger partial charge in [0.15, 0.2) is 5.82 Å². The highest BCUT2D eigenvalue weighted by Gasteiger charge is 2.12. The van der Waals surface area contributed by atoms with E-state index in [0.717, 1.165) is 11.1 Å². The van der Waals surface area contributed by atoms with Crippen LogP contribution in [-0.4, -0.2) is 26.8 Å². The van der Waals surface area contributed by atoms with Gasteiger partial charge in [-0.25, -0.2) is 4.98 Å². The van der Waals surface area contributed by atoms with E-state index in [2.05, 4.69) is 52.5 Å². The fraction of sp³-hybridized carbons (Fsp3) is 0.250. The van der Waals surface area contributed by atoms with Gasteiger partial charge in [-0.15, -0.1) is 5.10 Å². The average molecular weight is 366 g/mol. The molecule has 2 N–H and O–H groups in total. The van der Waals surface area contributed by atoms with Crippen LogP contribution in [0.2, 0.25) is 0 Å². The van der Waals surface area contributed by atoms with Crippen LogP contribution in [-0.2, 0) is 4.79 Å². The first-order chi connectivity index (χ1) is 12.5. The number of nitrogens with one attached hydrogen (secondary N) is 2. The molecule has 3 rings (SSSR count). The molecule has 0 saturated carbocycles. The Balaban J connectivity index is 1.54. The number of rotatable bonds is 6. The Bertz CT molecular complexity index is 892. The first-order valence-corrected chi connectivity index (χ1v) is 9.48. The summed E-state index contributed by atoms with van der Waals surface area (Å²) in [6.07, 6.45) is 0. The minimum absolute atomic E-state index is 0.0329. The maximum Gasteiger partial charge on any atom is 0.230 e. The van der Waals surface area contributed by atoms with E-state index < -0.39 is 0 Å². The summed E-state index contributed by atoms with van der Waals surface area (Å²) in [7, 11) is 0. The van der Waals surface area contributed by atoms with Crippen LogP contribution >= 0.6 is 11.8 Å². The lowest BCUT2D eigenvalue weighted by atomic mass is 10.0. The molecule has 1 atom stereocenters. The first kappa shape index (κ1) is 18.2. The summed E-state index contributed by atoms with van der Waals surface area (Å²) >= 11 is 1.32. The third kappa shape index (κ3) is 4.52. The number of carbonyl (C=O) groups is 1. The molecule has 0 saturated heterocycles. The van der Waals surface area contributed by atoms with Crippen LogP contribution < -0.4 is 5.32 Å². The molecule has 2 aromatic carbocycles. The molecular weight excluding hydrogens is 344 g/mol. The van der Waals surface area contributed by atoms with E-state index in [-0.39, 0.29) is 17.7 Å². The Morgan fingerprint density at radius 1 is 1.15 bits per heavy atom. The Hall–Kier alpha value is -2.60. The summed E-state index contributed by atoms with van der Waals surface area (Å²) in [6, 6.07) is 16.0. The predicted octanol–water partition coefficient (Wildman–Crippen LogP) is 4.06. The second-order valence-corrected chi connectivity index (χ2v) is 7.20. The zero-order chi connectivity index (χ0) is 18.5. The monoisotopic (exact) mass is 366 g/mol. The van der Waals surface area contributed by atoms with Crippen LogP contribution in [0.4, 0.5) is 0 Å². The number of nitrogens with zero attached hydrogens (tertiary/aromatic N) is 2. The molecule has 0 spiro atoms. The van der Waals surface area contributed by atoms with E-state index in [0.29, 0.717) is 11.0 Å². The number of carbonyl (C=O) groups excluding carboxylic acids is 1. The number of aromatic amines is 1. The molecule has 0 aliphatic carbocycles. The van der Waals surface area contributed by atoms with E-state index >= 15 is 0 Å². The molecule has 1 heterocycles. The van der Waals surface area contributed by atoms with Crippen molar-refractivity contribution in [2.45, 2.75) is 32.0 Å². The van der Waals surface area contributed by atoms with Crippen LogP contribution in [0.5, 0.6) is 0 Å². The topological polar surface area (TPSA) is 70.7 Å². The molecular formula is C20H22N4OS. The third-order valence-corrected chi connectivity index (χ3v) is 5.10. The predicted molar refractivity (Wildman–Crippen MR) is 105 cm³/mol. The van der Waals surface area contributed by atoms with Crippen LogP contribution in [0.3, 0.4) is 0 Å². The van der Waals surface area contributed by atoms with Gasteiger partial charge in [0.05, 0.1) is 11.8 Å². The lowest BCUT2D eigenvalue weighted by Gasteiger charge is -2.15. The minimum Gasteiger partial charge on any atom is -0.349 e. The molecule has 0 radical (unpaired) electrons. The van der Waals surface area contributed by atoms with Crippen molar-refractivity contribution in [3.8, 4) is 11.4 Å². The van der Waals surface area contributed by atoms with Crippen molar-refractivity contribution >= 4 is 17.7 Å². The Labute approximate surface area is 157 Å². The van der Waals surface area contributed by atoms with E-state index in [1.54, 1.807) is 0 Å². The van der Waals surface area contributed by atoms with Gasteiger partial charge in [-0.2, -0.15) is 0 Å². The van der Waals surface area contributed by atoms with Crippen molar-refractivity contribution in [2.75, 3.05) is 5.75 Å². The standard InChI is InChI=1S/C20H22N4OS/c1-13-9-10-17(11-14(13)2)15(3)21-18(25)12-26-20-22-19(23-24-20)16-7-5-4-6-8-16/h4-11,15H,12H2,1-3H3,(H,21,25)(H,22,23,24)/t15-/m0/s1. The highest BCUT2D eigenvalue weighted by atomic mass is 32.2. The van der Waals surface area contributed by atoms with Gasteiger partial charge in [0, 0.05) is 5.56 Å². The first-order valence-electron chi connectivity index (χ1n) is 8.50. The molecule has 1 amide bonds. The van der Waals surface area contributed by atoms with E-state index in [4.69, 9.17) is 0 Å². The van der Waals surface area contributed by atoms with E-state index in [1.165, 1.54) is 22.9 Å². The highest BCUT2D eigenvalue weighted by molar-refractivity contribution is 7.99. The summed E-state index contributed by atoms with van der Waals surface area (Å²) in [6.45, 7) is 6.16. The number of aromatic nitrogens is 3. The number of hydrogen-bond acceptors (Lipinski definition) is 4. The molecule has 0 aliphatic heterocycles. The summed E-state index contributed by atoms with van der Waals surface area (Å²) in [5.74, 6) is 0.949. The van der Waals surface area contributed by atoms with Gasteiger partial charge in [0.1, 0.15) is 0 Å². The minimum atomic E-state index is -0.0354. The lowest BCUT2D eigenvalue weighted by molar-refractivity contribution is -0.119. The number of thioether (sulfide) groups is 1. The molecule has 0 bridgehead atoms. The smallest absolute Gasteiger partial charge is 0.230 e. The van der Waals surface area contributed by atoms with Crippen LogP contribution in [0, 0.1) is 13.8 Å². The number of amides is 1. The summed E-state index contributed by atoms with van der Waals surface area (Å²) in [5, 5.41) is 10.7. The second-order valence-electron chi connectivity index (χ2n) is 6.25. The van der Waals surface area contributed by atoms with Gasteiger partial charge in [-0.1, -0.05) is 60.3 Å². The fourth-order valence-electron chi connectivity index (χ4n) is 2.57. The SMILES string of the molecule is Cc1ccc([C@H](C)NC(=O)CSc2n[nH]c(-c3ccccc3)n2)cc1C. The van der Waals surface area contributed by atoms with Gasteiger partial charge < -0.3 is 5.32 Å². The Morgan fingerprint density at radius 2 is 1.92 bits per heavy atom. The summed E-state index contributed by atoms with van der Waals surface area (Å²) < 4.78 is 0. The number of benzene rings is 2. The van der Waals surface area contributed by atoms with Crippen LogP contribution in [0.1, 0.15) is 29.7 Å². The van der Waals surface area contributed by atoms with Gasteiger partial charge in [0.2, 0.25) is 11.1 Å². The molecule has 3 aromatic rings. The maximum absolute atomic E-state index is 12.2. The van der Waals surface area contributed by atoms with Crippen LogP contribution in [0.15, 0.2) is 53.7 Å². The fourth-order valence-corrected chi connectivity index (χ4v) is 3.18. The van der Waals surface area contributed by atoms with Crippen molar-refractivity contribution in [3.63, 3.8) is 0 Å². The Morgan fingerprint density at radius 3 is 2.65 bits per heavy atom. The molecule has 0 unspecified atom stereocenters. The van der Waals surface area contributed by atoms with Crippen molar-refractivity contribution < 1.29 is 4.79 Å². The number of H-pyrrole nitrogens is 1. The number of aryl methyl sites for hydroxylation is 2. The maximum atomic E-state index is 12.2. The lowest BCUT2D eigenvalue weighted by Crippen LogP contribution is -2.28. The molecule has 0 aliphatic rings. The van der Waals surface area contributed by atoms with Gasteiger partial charge >= 0.3 is 0 Å². The second kappa shape index (κ2) is 8.19. The van der Waals surface area contributed by atoms with Gasteiger partial charge in [0.25, 0.3) is 0 Å². The summed E-state index contributed by atoms with van der Waals surface area (Å²) in [5.41, 5.74) is 4.56. The van der Waals surface area contributed by atoms with Crippen molar-refractivity contribution in [1.29, 1.82) is 0 Å². The number of hydrogen-bond donors (Lipinski definition) is 2. The zero-order valence-corrected chi connectivity index (χ0v) is 15.9.